The molecule has 0 amide bonds. The van der Waals surface area contributed by atoms with Crippen molar-refractivity contribution >= 4 is 11.0 Å². The second kappa shape index (κ2) is 3.20. The van der Waals surface area contributed by atoms with E-state index in [2.05, 4.69) is 0 Å². The predicted molar refractivity (Wildman–Crippen MR) is 52.4 cm³/mol. The van der Waals surface area contributed by atoms with Crippen LogP contribution in [0.2, 0.25) is 0 Å². The first-order valence-electron chi connectivity index (χ1n) is 4.16. The van der Waals surface area contributed by atoms with E-state index in [0.717, 1.165) is 0 Å². The Bertz CT molecular complexity index is 570. The third-order valence-electron chi connectivity index (χ3n) is 2.06. The molecule has 1 heterocycles. The monoisotopic (exact) mass is 208 g/mol. The van der Waals surface area contributed by atoms with Gasteiger partial charge in [0.25, 0.3) is 0 Å². The van der Waals surface area contributed by atoms with Gasteiger partial charge in [-0.15, -0.1) is 0 Å². The second-order valence-electron chi connectivity index (χ2n) is 2.95. The van der Waals surface area contributed by atoms with E-state index in [1.807, 2.05) is 0 Å². The van der Waals surface area contributed by atoms with Crippen LogP contribution in [0.1, 0.15) is 0 Å². The first-order valence-corrected chi connectivity index (χ1v) is 4.16. The number of rotatable bonds is 1. The topological polar surface area (TPSA) is 79.9 Å². The minimum absolute atomic E-state index is 0.191. The molecule has 0 aliphatic carbocycles. The van der Waals surface area contributed by atoms with Gasteiger partial charge in [0.15, 0.2) is 5.75 Å². The Morgan fingerprint density at radius 1 is 1.27 bits per heavy atom. The Labute approximate surface area is 84.1 Å². The fourth-order valence-corrected chi connectivity index (χ4v) is 1.28. The van der Waals surface area contributed by atoms with Crippen molar-refractivity contribution in [3.8, 4) is 17.2 Å². The minimum atomic E-state index is -0.967. The zero-order valence-electron chi connectivity index (χ0n) is 7.85. The van der Waals surface area contributed by atoms with Crippen LogP contribution in [0.25, 0.3) is 11.0 Å². The third-order valence-corrected chi connectivity index (χ3v) is 2.06. The maximum atomic E-state index is 11.0. The van der Waals surface area contributed by atoms with Crippen molar-refractivity contribution in [3.05, 3.63) is 28.6 Å². The summed E-state index contributed by atoms with van der Waals surface area (Å²) < 4.78 is 9.69. The van der Waals surface area contributed by atoms with E-state index in [4.69, 9.17) is 9.15 Å². The number of hydrogen-bond acceptors (Lipinski definition) is 5. The van der Waals surface area contributed by atoms with Crippen LogP contribution in [-0.4, -0.2) is 17.3 Å². The molecule has 5 heteroatoms. The molecule has 15 heavy (non-hydrogen) atoms. The Morgan fingerprint density at radius 2 is 2.00 bits per heavy atom. The van der Waals surface area contributed by atoms with Crippen molar-refractivity contribution in [2.45, 2.75) is 0 Å². The average molecular weight is 208 g/mol. The molecule has 5 nitrogen and oxygen atoms in total. The van der Waals surface area contributed by atoms with Crippen LogP contribution in [0.3, 0.4) is 0 Å². The summed E-state index contributed by atoms with van der Waals surface area (Å²) in [6, 6.07) is 4.53. The molecular weight excluding hydrogens is 200 g/mol. The van der Waals surface area contributed by atoms with E-state index in [1.54, 1.807) is 6.07 Å². The predicted octanol–water partition coefficient (Wildman–Crippen LogP) is 1.21. The highest BCUT2D eigenvalue weighted by atomic mass is 16.5. The molecule has 0 aliphatic rings. The van der Waals surface area contributed by atoms with Gasteiger partial charge in [0.2, 0.25) is 5.75 Å². The molecule has 0 spiro atoms. The molecule has 0 saturated carbocycles. The van der Waals surface area contributed by atoms with E-state index in [9.17, 15) is 15.0 Å². The van der Waals surface area contributed by atoms with E-state index >= 15 is 0 Å². The van der Waals surface area contributed by atoms with Gasteiger partial charge in [-0.1, -0.05) is 0 Å². The van der Waals surface area contributed by atoms with E-state index in [1.165, 1.54) is 19.2 Å². The summed E-state index contributed by atoms with van der Waals surface area (Å²) in [5.41, 5.74) is -0.777. The van der Waals surface area contributed by atoms with Crippen molar-refractivity contribution < 1.29 is 19.4 Å². The summed E-state index contributed by atoms with van der Waals surface area (Å²) in [7, 11) is 1.47. The van der Waals surface area contributed by atoms with Gasteiger partial charge in [0.1, 0.15) is 11.3 Å². The van der Waals surface area contributed by atoms with Gasteiger partial charge in [-0.05, 0) is 18.2 Å². The smallest absolute Gasteiger partial charge is 0.382 e. The molecule has 0 bridgehead atoms. The summed E-state index contributed by atoms with van der Waals surface area (Å²) in [5, 5.41) is 18.9. The van der Waals surface area contributed by atoms with Gasteiger partial charge >= 0.3 is 5.63 Å². The highest BCUT2D eigenvalue weighted by molar-refractivity contribution is 5.86. The van der Waals surface area contributed by atoms with Crippen molar-refractivity contribution in [1.82, 2.24) is 0 Å². The Hall–Kier alpha value is -2.17. The van der Waals surface area contributed by atoms with Crippen LogP contribution in [0.5, 0.6) is 17.2 Å². The summed E-state index contributed by atoms with van der Waals surface area (Å²) in [6.07, 6.45) is 0. The average Bonchev–Trinajstić information content (AvgIpc) is 2.26. The molecule has 0 unspecified atom stereocenters. The quantitative estimate of drug-likeness (QED) is 0.688. The third kappa shape index (κ3) is 1.38. The first-order chi connectivity index (χ1) is 7.13. The largest absolute Gasteiger partial charge is 0.504 e. The number of ether oxygens (including phenoxy) is 1. The van der Waals surface area contributed by atoms with Gasteiger partial charge in [0, 0.05) is 0 Å². The standard InChI is InChI=1S/C10H8O5/c1-14-5-2-3-7-6(4-5)8(11)9(12)10(13)15-7/h2-4,11-12H,1H3. The second-order valence-corrected chi connectivity index (χ2v) is 2.95. The normalized spacial score (nSPS) is 10.5. The first kappa shape index (κ1) is 9.39. The van der Waals surface area contributed by atoms with E-state index in [-0.39, 0.29) is 11.0 Å². The molecule has 2 rings (SSSR count). The highest BCUT2D eigenvalue weighted by Gasteiger charge is 2.12. The fourth-order valence-electron chi connectivity index (χ4n) is 1.28. The molecular formula is C10H8O5. The molecule has 0 radical (unpaired) electrons. The van der Waals surface area contributed by atoms with E-state index in [0.29, 0.717) is 5.75 Å². The van der Waals surface area contributed by atoms with Crippen LogP contribution >= 0.6 is 0 Å². The fraction of sp³-hybridized carbons (Fsp3) is 0.100. The number of methoxy groups -OCH3 is 1. The molecule has 2 N–H and O–H groups in total. The van der Waals surface area contributed by atoms with Gasteiger partial charge in [0.05, 0.1) is 12.5 Å². The van der Waals surface area contributed by atoms with Gasteiger partial charge in [-0.2, -0.15) is 0 Å². The Morgan fingerprint density at radius 3 is 2.67 bits per heavy atom. The zero-order valence-corrected chi connectivity index (χ0v) is 7.85. The zero-order chi connectivity index (χ0) is 11.0. The van der Waals surface area contributed by atoms with Crippen molar-refractivity contribution in [3.63, 3.8) is 0 Å². The number of fused-ring (bicyclic) bond motifs is 1. The molecule has 1 aromatic heterocycles. The molecule has 78 valence electrons. The lowest BCUT2D eigenvalue weighted by Gasteiger charge is -2.03. The molecule has 0 aliphatic heterocycles. The summed E-state index contributed by atoms with van der Waals surface area (Å²) in [6.45, 7) is 0. The molecule has 1 aromatic carbocycles. The van der Waals surface area contributed by atoms with Crippen LogP contribution in [0, 0.1) is 0 Å². The van der Waals surface area contributed by atoms with E-state index < -0.39 is 17.1 Å². The minimum Gasteiger partial charge on any atom is -0.504 e. The Kier molecular flexibility index (Phi) is 2.00. The van der Waals surface area contributed by atoms with Crippen LogP contribution < -0.4 is 10.4 Å². The highest BCUT2D eigenvalue weighted by Crippen LogP contribution is 2.32. The lowest BCUT2D eigenvalue weighted by atomic mass is 10.2. The van der Waals surface area contributed by atoms with Gasteiger partial charge < -0.3 is 19.4 Å². The number of hydrogen-bond donors (Lipinski definition) is 2. The van der Waals surface area contributed by atoms with Gasteiger partial charge in [-0.3, -0.25) is 0 Å². The van der Waals surface area contributed by atoms with Crippen LogP contribution in [0.4, 0.5) is 0 Å². The lowest BCUT2D eigenvalue weighted by molar-refractivity contribution is 0.377. The van der Waals surface area contributed by atoms with Crippen LogP contribution in [-0.2, 0) is 0 Å². The molecule has 0 atom stereocenters. The van der Waals surface area contributed by atoms with Crippen molar-refractivity contribution in [2.24, 2.45) is 0 Å². The van der Waals surface area contributed by atoms with Crippen molar-refractivity contribution in [1.29, 1.82) is 0 Å². The number of aromatic hydroxyl groups is 2. The number of benzene rings is 1. The van der Waals surface area contributed by atoms with Crippen LogP contribution in [0.15, 0.2) is 27.4 Å². The summed E-state index contributed by atoms with van der Waals surface area (Å²) in [5.74, 6) is -0.804. The summed E-state index contributed by atoms with van der Waals surface area (Å²) >= 11 is 0. The maximum Gasteiger partial charge on any atom is 0.382 e. The molecule has 0 saturated heterocycles. The Balaban J connectivity index is 2.87. The maximum absolute atomic E-state index is 11.0. The lowest BCUT2D eigenvalue weighted by Crippen LogP contribution is -1.98. The molecule has 0 fully saturated rings. The summed E-state index contributed by atoms with van der Waals surface area (Å²) in [4.78, 5) is 11.0. The van der Waals surface area contributed by atoms with Gasteiger partial charge in [-0.25, -0.2) is 4.79 Å². The SMILES string of the molecule is COc1ccc2oc(=O)c(O)c(O)c2c1. The molecule has 2 aromatic rings. The van der Waals surface area contributed by atoms with Crippen molar-refractivity contribution in [2.75, 3.05) is 7.11 Å².